The number of likely N-dealkylation sites (N-methyl/N-ethyl adjacent to an activating group) is 1. The summed E-state index contributed by atoms with van der Waals surface area (Å²) in [6.07, 6.45) is 3.96. The number of rotatable bonds is 4. The van der Waals surface area contributed by atoms with Gasteiger partial charge in [-0.05, 0) is 50.5 Å². The molecule has 1 aliphatic rings. The van der Waals surface area contributed by atoms with E-state index >= 15 is 0 Å². The van der Waals surface area contributed by atoms with Crippen molar-refractivity contribution in [1.29, 1.82) is 0 Å². The molecule has 1 aliphatic heterocycles. The maximum Gasteiger partial charge on any atom is 0.0495 e. The standard InChI is InChI=1S/C17H28N2/c1-13(2)14-8-10-15(11-9-14)17(19(3)4)16-7-5-6-12-18-16/h8-11,13,16-18H,5-7,12H2,1-4H3. The zero-order valence-electron chi connectivity index (χ0n) is 12.8. The molecular formula is C17H28N2. The van der Waals surface area contributed by atoms with Crippen LogP contribution in [0.1, 0.15) is 56.2 Å². The van der Waals surface area contributed by atoms with Gasteiger partial charge in [-0.15, -0.1) is 0 Å². The number of benzene rings is 1. The van der Waals surface area contributed by atoms with E-state index in [4.69, 9.17) is 0 Å². The lowest BCUT2D eigenvalue weighted by Crippen LogP contribution is -2.44. The normalized spacial score (nSPS) is 21.9. The Kier molecular flexibility index (Phi) is 5.00. The van der Waals surface area contributed by atoms with Crippen molar-refractivity contribution in [3.63, 3.8) is 0 Å². The topological polar surface area (TPSA) is 15.3 Å². The number of nitrogens with one attached hydrogen (secondary N) is 1. The lowest BCUT2D eigenvalue weighted by molar-refractivity contribution is 0.205. The number of nitrogens with zero attached hydrogens (tertiary/aromatic N) is 1. The minimum Gasteiger partial charge on any atom is -0.312 e. The summed E-state index contributed by atoms with van der Waals surface area (Å²) in [5.74, 6) is 0.611. The van der Waals surface area contributed by atoms with E-state index in [1.54, 1.807) is 0 Å². The van der Waals surface area contributed by atoms with Gasteiger partial charge in [-0.25, -0.2) is 0 Å². The van der Waals surface area contributed by atoms with E-state index in [0.29, 0.717) is 18.0 Å². The van der Waals surface area contributed by atoms with Gasteiger partial charge in [-0.2, -0.15) is 0 Å². The highest BCUT2D eigenvalue weighted by Gasteiger charge is 2.26. The maximum atomic E-state index is 3.69. The molecule has 106 valence electrons. The lowest BCUT2D eigenvalue weighted by Gasteiger charge is -2.36. The second-order valence-electron chi connectivity index (χ2n) is 6.29. The van der Waals surface area contributed by atoms with Crippen LogP contribution in [-0.4, -0.2) is 31.6 Å². The average Bonchev–Trinajstić information content (AvgIpc) is 2.40. The monoisotopic (exact) mass is 260 g/mol. The quantitative estimate of drug-likeness (QED) is 0.890. The number of hydrogen-bond donors (Lipinski definition) is 1. The average molecular weight is 260 g/mol. The Hall–Kier alpha value is -0.860. The van der Waals surface area contributed by atoms with E-state index in [0.717, 1.165) is 0 Å². The molecule has 1 fully saturated rings. The van der Waals surface area contributed by atoms with Crippen LogP contribution >= 0.6 is 0 Å². The molecule has 1 N–H and O–H groups in total. The van der Waals surface area contributed by atoms with E-state index in [-0.39, 0.29) is 0 Å². The minimum atomic E-state index is 0.488. The number of piperidine rings is 1. The van der Waals surface area contributed by atoms with Crippen LogP contribution in [-0.2, 0) is 0 Å². The SMILES string of the molecule is CC(C)c1ccc(C(C2CCCCN2)N(C)C)cc1. The molecule has 0 amide bonds. The van der Waals surface area contributed by atoms with Gasteiger partial charge in [0.05, 0.1) is 0 Å². The highest BCUT2D eigenvalue weighted by molar-refractivity contribution is 5.28. The maximum absolute atomic E-state index is 3.69. The van der Waals surface area contributed by atoms with E-state index in [2.05, 4.69) is 62.4 Å². The first-order chi connectivity index (χ1) is 9.09. The Labute approximate surface area is 118 Å². The van der Waals surface area contributed by atoms with Crippen LogP contribution in [0.15, 0.2) is 24.3 Å². The molecule has 1 aromatic carbocycles. The number of hydrogen-bond acceptors (Lipinski definition) is 2. The molecule has 0 aliphatic carbocycles. The minimum absolute atomic E-state index is 0.488. The fraction of sp³-hybridized carbons (Fsp3) is 0.647. The van der Waals surface area contributed by atoms with Crippen LogP contribution in [0.5, 0.6) is 0 Å². The summed E-state index contributed by atoms with van der Waals surface area (Å²) >= 11 is 0. The first-order valence-corrected chi connectivity index (χ1v) is 7.59. The molecule has 0 spiro atoms. The smallest absolute Gasteiger partial charge is 0.0495 e. The van der Waals surface area contributed by atoms with Gasteiger partial charge >= 0.3 is 0 Å². The predicted octanol–water partition coefficient (Wildman–Crippen LogP) is 3.55. The van der Waals surface area contributed by atoms with Crippen LogP contribution in [0.3, 0.4) is 0 Å². The highest BCUT2D eigenvalue weighted by atomic mass is 15.1. The van der Waals surface area contributed by atoms with Crippen molar-refractivity contribution in [2.45, 2.75) is 51.1 Å². The van der Waals surface area contributed by atoms with Crippen LogP contribution in [0.2, 0.25) is 0 Å². The van der Waals surface area contributed by atoms with Crippen molar-refractivity contribution >= 4 is 0 Å². The summed E-state index contributed by atoms with van der Waals surface area (Å²) in [6.45, 7) is 5.67. The molecule has 2 rings (SSSR count). The van der Waals surface area contributed by atoms with Crippen molar-refractivity contribution in [2.24, 2.45) is 0 Å². The van der Waals surface area contributed by atoms with Crippen molar-refractivity contribution in [3.8, 4) is 0 Å². The van der Waals surface area contributed by atoms with Gasteiger partial charge in [-0.1, -0.05) is 44.5 Å². The Morgan fingerprint density at radius 2 is 1.68 bits per heavy atom. The molecule has 0 saturated carbocycles. The van der Waals surface area contributed by atoms with Gasteiger partial charge < -0.3 is 10.2 Å². The zero-order valence-corrected chi connectivity index (χ0v) is 12.8. The van der Waals surface area contributed by atoms with Crippen molar-refractivity contribution in [3.05, 3.63) is 35.4 Å². The molecule has 0 radical (unpaired) electrons. The van der Waals surface area contributed by atoms with E-state index in [1.807, 2.05) is 0 Å². The highest BCUT2D eigenvalue weighted by Crippen LogP contribution is 2.28. The second kappa shape index (κ2) is 6.53. The van der Waals surface area contributed by atoms with Crippen LogP contribution < -0.4 is 5.32 Å². The van der Waals surface area contributed by atoms with Gasteiger partial charge in [0.2, 0.25) is 0 Å². The van der Waals surface area contributed by atoms with Crippen molar-refractivity contribution in [1.82, 2.24) is 10.2 Å². The fourth-order valence-electron chi connectivity index (χ4n) is 3.12. The largest absolute Gasteiger partial charge is 0.312 e. The second-order valence-corrected chi connectivity index (χ2v) is 6.29. The van der Waals surface area contributed by atoms with Crippen LogP contribution in [0.25, 0.3) is 0 Å². The first-order valence-electron chi connectivity index (χ1n) is 7.59. The first kappa shape index (κ1) is 14.5. The van der Waals surface area contributed by atoms with Crippen LogP contribution in [0, 0.1) is 0 Å². The van der Waals surface area contributed by atoms with Gasteiger partial charge in [0.1, 0.15) is 0 Å². The summed E-state index contributed by atoms with van der Waals surface area (Å²) in [4.78, 5) is 2.35. The summed E-state index contributed by atoms with van der Waals surface area (Å²) in [5, 5.41) is 3.69. The third-order valence-electron chi connectivity index (χ3n) is 4.23. The lowest BCUT2D eigenvalue weighted by atomic mass is 9.90. The summed E-state index contributed by atoms with van der Waals surface area (Å²) in [6, 6.07) is 10.3. The summed E-state index contributed by atoms with van der Waals surface area (Å²) < 4.78 is 0. The Morgan fingerprint density at radius 3 is 2.16 bits per heavy atom. The van der Waals surface area contributed by atoms with Gasteiger partial charge in [0, 0.05) is 12.1 Å². The third kappa shape index (κ3) is 3.58. The van der Waals surface area contributed by atoms with Crippen molar-refractivity contribution < 1.29 is 0 Å². The molecule has 2 nitrogen and oxygen atoms in total. The van der Waals surface area contributed by atoms with Gasteiger partial charge in [0.15, 0.2) is 0 Å². The zero-order chi connectivity index (χ0) is 13.8. The molecule has 1 aromatic rings. The molecule has 1 heterocycles. The molecule has 0 aromatic heterocycles. The third-order valence-corrected chi connectivity index (χ3v) is 4.23. The Morgan fingerprint density at radius 1 is 1.05 bits per heavy atom. The molecule has 2 unspecified atom stereocenters. The molecule has 0 bridgehead atoms. The fourth-order valence-corrected chi connectivity index (χ4v) is 3.12. The molecule has 19 heavy (non-hydrogen) atoms. The van der Waals surface area contributed by atoms with Gasteiger partial charge in [0.25, 0.3) is 0 Å². The summed E-state index contributed by atoms with van der Waals surface area (Å²) in [7, 11) is 4.38. The Balaban J connectivity index is 2.18. The van der Waals surface area contributed by atoms with Gasteiger partial charge in [-0.3, -0.25) is 0 Å². The summed E-state index contributed by atoms with van der Waals surface area (Å²) in [5.41, 5.74) is 2.87. The predicted molar refractivity (Wildman–Crippen MR) is 82.6 cm³/mol. The van der Waals surface area contributed by atoms with E-state index in [1.165, 1.54) is 36.9 Å². The molecule has 2 atom stereocenters. The molecule has 1 saturated heterocycles. The van der Waals surface area contributed by atoms with Crippen molar-refractivity contribution in [2.75, 3.05) is 20.6 Å². The van der Waals surface area contributed by atoms with E-state index in [9.17, 15) is 0 Å². The van der Waals surface area contributed by atoms with Crippen LogP contribution in [0.4, 0.5) is 0 Å². The Bertz CT molecular complexity index is 375. The van der Waals surface area contributed by atoms with E-state index < -0.39 is 0 Å². The molecular weight excluding hydrogens is 232 g/mol. The molecule has 2 heteroatoms.